The molecule has 168 valence electrons. The first kappa shape index (κ1) is 22.4. The smallest absolute Gasteiger partial charge is 0.332 e. The van der Waals surface area contributed by atoms with Crippen LogP contribution < -0.4 is 16.0 Å². The van der Waals surface area contributed by atoms with E-state index < -0.39 is 17.1 Å². The summed E-state index contributed by atoms with van der Waals surface area (Å²) in [6, 6.07) is 12.3. The van der Waals surface area contributed by atoms with Crippen molar-refractivity contribution in [3.63, 3.8) is 0 Å². The number of benzene rings is 2. The molecule has 0 spiro atoms. The number of ether oxygens (including phenoxy) is 1. The van der Waals surface area contributed by atoms with E-state index >= 15 is 0 Å². The van der Waals surface area contributed by atoms with Crippen molar-refractivity contribution in [2.24, 2.45) is 14.1 Å². The van der Waals surface area contributed by atoms with Gasteiger partial charge in [0.2, 0.25) is 0 Å². The Bertz CT molecular complexity index is 1480. The lowest BCUT2D eigenvalue weighted by molar-refractivity contribution is 0.102. The van der Waals surface area contributed by atoms with E-state index in [1.54, 1.807) is 31.4 Å². The van der Waals surface area contributed by atoms with Crippen LogP contribution in [-0.2, 0) is 14.1 Å². The van der Waals surface area contributed by atoms with Gasteiger partial charge >= 0.3 is 5.69 Å². The van der Waals surface area contributed by atoms with Gasteiger partial charge in [-0.05, 0) is 48.5 Å². The van der Waals surface area contributed by atoms with E-state index in [-0.39, 0.29) is 33.4 Å². The van der Waals surface area contributed by atoms with Gasteiger partial charge in [0.05, 0.1) is 12.9 Å². The van der Waals surface area contributed by atoms with Gasteiger partial charge in [-0.3, -0.25) is 18.7 Å². The van der Waals surface area contributed by atoms with Crippen LogP contribution in [0.4, 0.5) is 4.39 Å². The summed E-state index contributed by atoms with van der Waals surface area (Å²) in [4.78, 5) is 47.0. The second-order valence-electron chi connectivity index (χ2n) is 7.20. The molecule has 0 saturated heterocycles. The van der Waals surface area contributed by atoms with Crippen molar-refractivity contribution < 1.29 is 13.9 Å². The number of hydrogen-bond acceptors (Lipinski definition) is 7. The number of carbonyl (C=O) groups excluding carboxylic acids is 1. The number of aryl methyl sites for hydroxylation is 1. The molecule has 0 aliphatic heterocycles. The molecule has 0 amide bonds. The molecule has 2 aromatic carbocycles. The van der Waals surface area contributed by atoms with Gasteiger partial charge in [0.1, 0.15) is 22.0 Å². The number of ketones is 1. The molecular weight excluding hydrogens is 447 g/mol. The van der Waals surface area contributed by atoms with Crippen molar-refractivity contribution in [1.29, 1.82) is 0 Å². The molecule has 0 aliphatic carbocycles. The standard InChI is InChI=1S/C23H19FN4O4S/c1-27-20-18(22(30)28(2)23(27)31)21(26-19(25-20)14-4-8-15(24)9-5-14)33-12-17(29)13-6-10-16(32-3)11-7-13/h4-11H,12H2,1-3H3. The summed E-state index contributed by atoms with van der Waals surface area (Å²) in [6.45, 7) is 0. The zero-order valence-electron chi connectivity index (χ0n) is 18.0. The third-order valence-electron chi connectivity index (χ3n) is 5.12. The first-order valence-corrected chi connectivity index (χ1v) is 10.8. The highest BCUT2D eigenvalue weighted by Gasteiger charge is 2.19. The van der Waals surface area contributed by atoms with Crippen LogP contribution >= 0.6 is 11.8 Å². The largest absolute Gasteiger partial charge is 0.497 e. The molecular formula is C23H19FN4O4S. The lowest BCUT2D eigenvalue weighted by Gasteiger charge is -2.12. The summed E-state index contributed by atoms with van der Waals surface area (Å²) < 4.78 is 20.7. The zero-order chi connectivity index (χ0) is 23.7. The molecule has 8 nitrogen and oxygen atoms in total. The van der Waals surface area contributed by atoms with Gasteiger partial charge in [0.25, 0.3) is 5.56 Å². The minimum atomic E-state index is -0.557. The number of carbonyl (C=O) groups is 1. The highest BCUT2D eigenvalue weighted by atomic mass is 32.2. The molecule has 4 rings (SSSR count). The molecule has 0 fully saturated rings. The van der Waals surface area contributed by atoms with Crippen molar-refractivity contribution in [3.05, 3.63) is 80.7 Å². The lowest BCUT2D eigenvalue weighted by Crippen LogP contribution is -2.37. The van der Waals surface area contributed by atoms with E-state index in [1.165, 1.54) is 42.9 Å². The molecule has 10 heteroatoms. The minimum Gasteiger partial charge on any atom is -0.497 e. The second kappa shape index (κ2) is 8.99. The van der Waals surface area contributed by atoms with Crippen molar-refractivity contribution in [2.45, 2.75) is 5.03 Å². The normalized spacial score (nSPS) is 11.0. The quantitative estimate of drug-likeness (QED) is 0.245. The van der Waals surface area contributed by atoms with E-state index in [0.717, 1.165) is 16.3 Å². The average molecular weight is 466 g/mol. The van der Waals surface area contributed by atoms with E-state index in [2.05, 4.69) is 9.97 Å². The Hall–Kier alpha value is -3.79. The molecule has 0 atom stereocenters. The molecule has 4 aromatic rings. The molecule has 2 heterocycles. The predicted octanol–water partition coefficient (Wildman–Crippen LogP) is 2.82. The van der Waals surface area contributed by atoms with Gasteiger partial charge in [-0.1, -0.05) is 11.8 Å². The number of fused-ring (bicyclic) bond motifs is 1. The van der Waals surface area contributed by atoms with Crippen molar-refractivity contribution in [2.75, 3.05) is 12.9 Å². The van der Waals surface area contributed by atoms with Crippen molar-refractivity contribution >= 4 is 28.6 Å². The zero-order valence-corrected chi connectivity index (χ0v) is 18.9. The molecule has 33 heavy (non-hydrogen) atoms. The first-order valence-electron chi connectivity index (χ1n) is 9.84. The molecule has 2 aromatic heterocycles. The van der Waals surface area contributed by atoms with Gasteiger partial charge in [-0.15, -0.1) is 0 Å². The highest BCUT2D eigenvalue weighted by Crippen LogP contribution is 2.27. The van der Waals surface area contributed by atoms with Crippen LogP contribution in [0.5, 0.6) is 5.75 Å². The molecule has 0 bridgehead atoms. The molecule has 0 radical (unpaired) electrons. The van der Waals surface area contributed by atoms with Crippen LogP contribution in [0.3, 0.4) is 0 Å². The number of aromatic nitrogens is 4. The van der Waals surface area contributed by atoms with Crippen LogP contribution in [0, 0.1) is 5.82 Å². The molecule has 0 unspecified atom stereocenters. The third-order valence-corrected chi connectivity index (χ3v) is 6.10. The number of halogens is 1. The summed E-state index contributed by atoms with van der Waals surface area (Å²) >= 11 is 1.08. The maximum Gasteiger partial charge on any atom is 0.332 e. The van der Waals surface area contributed by atoms with E-state index in [9.17, 15) is 18.8 Å². The molecule has 0 aliphatic rings. The monoisotopic (exact) mass is 466 g/mol. The van der Waals surface area contributed by atoms with Crippen molar-refractivity contribution in [1.82, 2.24) is 19.1 Å². The maximum atomic E-state index is 13.4. The van der Waals surface area contributed by atoms with Crippen LogP contribution in [0.15, 0.2) is 63.1 Å². The van der Waals surface area contributed by atoms with Crippen LogP contribution in [-0.4, -0.2) is 37.7 Å². The Morgan fingerprint density at radius 2 is 1.67 bits per heavy atom. The van der Waals surface area contributed by atoms with Crippen molar-refractivity contribution in [3.8, 4) is 17.1 Å². The number of rotatable bonds is 6. The summed E-state index contributed by atoms with van der Waals surface area (Å²) in [7, 11) is 4.41. The third kappa shape index (κ3) is 4.29. The summed E-state index contributed by atoms with van der Waals surface area (Å²) in [5, 5.41) is 0.398. The Labute approximate surface area is 191 Å². The number of thioether (sulfide) groups is 1. The fraction of sp³-hybridized carbons (Fsp3) is 0.174. The fourth-order valence-electron chi connectivity index (χ4n) is 3.26. The topological polar surface area (TPSA) is 96.1 Å². The van der Waals surface area contributed by atoms with E-state index in [0.29, 0.717) is 16.9 Å². The molecule has 0 N–H and O–H groups in total. The average Bonchev–Trinajstić information content (AvgIpc) is 2.84. The maximum absolute atomic E-state index is 13.4. The SMILES string of the molecule is COc1ccc(C(=O)CSc2nc(-c3ccc(F)cc3)nc3c2c(=O)n(C)c(=O)n3C)cc1. The summed E-state index contributed by atoms with van der Waals surface area (Å²) in [6.07, 6.45) is 0. The molecule has 0 saturated carbocycles. The van der Waals surface area contributed by atoms with Crippen LogP contribution in [0.2, 0.25) is 0 Å². The number of Topliss-reactive ketones (excluding diaryl/α,β-unsaturated/α-hetero) is 1. The van der Waals surface area contributed by atoms with E-state index in [4.69, 9.17) is 4.74 Å². The first-order chi connectivity index (χ1) is 15.8. The summed E-state index contributed by atoms with van der Waals surface area (Å²) in [5.74, 6) is 0.271. The minimum absolute atomic E-state index is 0.00724. The van der Waals surface area contributed by atoms with Gasteiger partial charge < -0.3 is 4.74 Å². The van der Waals surface area contributed by atoms with Gasteiger partial charge in [0, 0.05) is 25.2 Å². The van der Waals surface area contributed by atoms with Gasteiger partial charge in [-0.2, -0.15) is 0 Å². The Kier molecular flexibility index (Phi) is 6.10. The summed E-state index contributed by atoms with van der Waals surface area (Å²) in [5.41, 5.74) is 0.0342. The van der Waals surface area contributed by atoms with E-state index in [1.807, 2.05) is 0 Å². The lowest BCUT2D eigenvalue weighted by atomic mass is 10.1. The number of methoxy groups -OCH3 is 1. The second-order valence-corrected chi connectivity index (χ2v) is 8.17. The Balaban J connectivity index is 1.80. The number of nitrogens with zero attached hydrogens (tertiary/aromatic N) is 4. The highest BCUT2D eigenvalue weighted by molar-refractivity contribution is 8.00. The number of hydrogen-bond donors (Lipinski definition) is 0. The van der Waals surface area contributed by atoms with Gasteiger partial charge in [-0.25, -0.2) is 19.2 Å². The van der Waals surface area contributed by atoms with Crippen LogP contribution in [0.1, 0.15) is 10.4 Å². The predicted molar refractivity (Wildman–Crippen MR) is 123 cm³/mol. The fourth-order valence-corrected chi connectivity index (χ4v) is 4.16. The van der Waals surface area contributed by atoms with Gasteiger partial charge in [0.15, 0.2) is 17.3 Å². The Morgan fingerprint density at radius 1 is 1.00 bits per heavy atom. The van der Waals surface area contributed by atoms with Crippen LogP contribution in [0.25, 0.3) is 22.4 Å². The Morgan fingerprint density at radius 3 is 2.30 bits per heavy atom.